The number of amides is 1. The van der Waals surface area contributed by atoms with Crippen LogP contribution in [-0.2, 0) is 14.3 Å². The summed E-state index contributed by atoms with van der Waals surface area (Å²) in [4.78, 5) is 33.6. The van der Waals surface area contributed by atoms with Crippen LogP contribution in [0.4, 0.5) is 11.4 Å². The Balaban J connectivity index is 1.96. The van der Waals surface area contributed by atoms with Gasteiger partial charge >= 0.3 is 5.97 Å². The molecule has 1 N–H and O–H groups in total. The Hall–Kier alpha value is -2.64. The van der Waals surface area contributed by atoms with E-state index in [-0.39, 0.29) is 17.3 Å². The lowest BCUT2D eigenvalue weighted by Crippen LogP contribution is -2.22. The predicted octanol–water partition coefficient (Wildman–Crippen LogP) is 1.74. The zero-order valence-electron chi connectivity index (χ0n) is 12.2. The third-order valence-electron chi connectivity index (χ3n) is 3.43. The first kappa shape index (κ1) is 15.7. The molecular formula is C14H16N2O6. The third-order valence-corrected chi connectivity index (χ3v) is 3.43. The number of carbonyl (C=O) groups excluding carboxylic acids is 2. The molecular weight excluding hydrogens is 292 g/mol. The molecule has 1 aliphatic rings. The minimum Gasteiger partial charge on any atom is -0.496 e. The first-order valence-electron chi connectivity index (χ1n) is 6.71. The van der Waals surface area contributed by atoms with Crippen LogP contribution in [0.3, 0.4) is 0 Å². The van der Waals surface area contributed by atoms with Gasteiger partial charge in [-0.15, -0.1) is 0 Å². The Morgan fingerprint density at radius 1 is 1.45 bits per heavy atom. The predicted molar refractivity (Wildman–Crippen MR) is 76.5 cm³/mol. The topological polar surface area (TPSA) is 108 Å². The molecule has 0 unspecified atom stereocenters. The van der Waals surface area contributed by atoms with Crippen LogP contribution in [0, 0.1) is 22.0 Å². The molecule has 1 fully saturated rings. The number of nitrogens with zero attached hydrogens (tertiary/aromatic N) is 1. The summed E-state index contributed by atoms with van der Waals surface area (Å²) < 4.78 is 9.77. The van der Waals surface area contributed by atoms with Gasteiger partial charge in [-0.3, -0.25) is 19.7 Å². The summed E-state index contributed by atoms with van der Waals surface area (Å²) in [6.07, 6.45) is 0.768. The number of rotatable bonds is 6. The summed E-state index contributed by atoms with van der Waals surface area (Å²) in [5, 5.41) is 13.3. The van der Waals surface area contributed by atoms with Crippen molar-refractivity contribution in [2.75, 3.05) is 19.0 Å². The minimum atomic E-state index is -0.630. The van der Waals surface area contributed by atoms with Gasteiger partial charge < -0.3 is 14.8 Å². The molecule has 8 heteroatoms. The summed E-state index contributed by atoms with van der Waals surface area (Å²) in [7, 11) is 1.38. The normalized spacial score (nSPS) is 19.2. The molecule has 1 aromatic carbocycles. The average molecular weight is 308 g/mol. The molecule has 1 aromatic rings. The molecule has 0 saturated heterocycles. The summed E-state index contributed by atoms with van der Waals surface area (Å²) in [6.45, 7) is 1.46. The molecule has 2 atom stereocenters. The Morgan fingerprint density at radius 2 is 2.14 bits per heavy atom. The molecule has 22 heavy (non-hydrogen) atoms. The number of ether oxygens (including phenoxy) is 2. The molecule has 0 bridgehead atoms. The van der Waals surface area contributed by atoms with E-state index in [9.17, 15) is 19.7 Å². The molecule has 0 heterocycles. The smallest absolute Gasteiger partial charge is 0.309 e. The Labute approximate surface area is 126 Å². The lowest BCUT2D eigenvalue weighted by atomic mass is 10.2. The van der Waals surface area contributed by atoms with Crippen LogP contribution in [0.25, 0.3) is 0 Å². The Bertz CT molecular complexity index is 615. The number of nitro benzene ring substituents is 1. The van der Waals surface area contributed by atoms with Gasteiger partial charge in [0.2, 0.25) is 0 Å². The van der Waals surface area contributed by atoms with Gasteiger partial charge in [0.1, 0.15) is 11.4 Å². The van der Waals surface area contributed by atoms with Crippen molar-refractivity contribution in [2.24, 2.45) is 11.8 Å². The van der Waals surface area contributed by atoms with Crippen molar-refractivity contribution in [1.29, 1.82) is 0 Å². The Kier molecular flexibility index (Phi) is 4.59. The van der Waals surface area contributed by atoms with Gasteiger partial charge in [0.05, 0.1) is 24.0 Å². The fraction of sp³-hybridized carbons (Fsp3) is 0.429. The van der Waals surface area contributed by atoms with Crippen LogP contribution in [0.2, 0.25) is 0 Å². The molecule has 1 amide bonds. The van der Waals surface area contributed by atoms with Gasteiger partial charge in [-0.2, -0.15) is 0 Å². The van der Waals surface area contributed by atoms with Gasteiger partial charge in [0.25, 0.3) is 11.6 Å². The number of benzene rings is 1. The highest BCUT2D eigenvalue weighted by Crippen LogP contribution is 2.38. The van der Waals surface area contributed by atoms with Crippen LogP contribution < -0.4 is 10.1 Å². The SMILES string of the molecule is COc1ccc(NC(=O)COC(=O)[C@H]2C[C@H]2C)c([N+](=O)[O-])c1. The number of hydrogen-bond donors (Lipinski definition) is 1. The number of nitro groups is 1. The van der Waals surface area contributed by atoms with Crippen molar-refractivity contribution in [1.82, 2.24) is 0 Å². The summed E-state index contributed by atoms with van der Waals surface area (Å²) in [5.74, 6) is -0.581. The van der Waals surface area contributed by atoms with Crippen molar-refractivity contribution in [3.05, 3.63) is 28.3 Å². The van der Waals surface area contributed by atoms with Gasteiger partial charge in [-0.1, -0.05) is 6.92 Å². The maximum atomic E-state index is 11.7. The van der Waals surface area contributed by atoms with E-state index in [1.807, 2.05) is 6.92 Å². The zero-order chi connectivity index (χ0) is 16.3. The number of methoxy groups -OCH3 is 1. The molecule has 2 rings (SSSR count). The Morgan fingerprint density at radius 3 is 2.68 bits per heavy atom. The highest BCUT2D eigenvalue weighted by molar-refractivity contribution is 5.95. The fourth-order valence-electron chi connectivity index (χ4n) is 1.98. The van der Waals surface area contributed by atoms with Crippen molar-refractivity contribution < 1.29 is 24.0 Å². The second-order valence-corrected chi connectivity index (χ2v) is 5.12. The number of hydrogen-bond acceptors (Lipinski definition) is 6. The van der Waals surface area contributed by atoms with Crippen molar-refractivity contribution in [3.63, 3.8) is 0 Å². The summed E-state index contributed by atoms with van der Waals surface area (Å²) in [6, 6.07) is 4.05. The quantitative estimate of drug-likeness (QED) is 0.487. The summed E-state index contributed by atoms with van der Waals surface area (Å²) in [5.41, 5.74) is -0.276. The van der Waals surface area contributed by atoms with E-state index in [1.54, 1.807) is 0 Å². The minimum absolute atomic E-state index is 0.0200. The molecule has 0 radical (unpaired) electrons. The second-order valence-electron chi connectivity index (χ2n) is 5.12. The fourth-order valence-corrected chi connectivity index (χ4v) is 1.98. The highest BCUT2D eigenvalue weighted by Gasteiger charge is 2.40. The molecule has 8 nitrogen and oxygen atoms in total. The van der Waals surface area contributed by atoms with E-state index >= 15 is 0 Å². The van der Waals surface area contributed by atoms with E-state index in [2.05, 4.69) is 5.32 Å². The van der Waals surface area contributed by atoms with E-state index in [4.69, 9.17) is 9.47 Å². The van der Waals surface area contributed by atoms with E-state index in [1.165, 1.54) is 25.3 Å². The monoisotopic (exact) mass is 308 g/mol. The lowest BCUT2D eigenvalue weighted by Gasteiger charge is -2.08. The van der Waals surface area contributed by atoms with Gasteiger partial charge in [-0.25, -0.2) is 0 Å². The number of anilines is 1. The van der Waals surface area contributed by atoms with E-state index < -0.39 is 23.4 Å². The second kappa shape index (κ2) is 6.42. The molecule has 0 aliphatic heterocycles. The molecule has 1 aliphatic carbocycles. The van der Waals surface area contributed by atoms with Crippen LogP contribution >= 0.6 is 0 Å². The van der Waals surface area contributed by atoms with E-state index in [0.29, 0.717) is 11.7 Å². The summed E-state index contributed by atoms with van der Waals surface area (Å²) >= 11 is 0. The van der Waals surface area contributed by atoms with Crippen LogP contribution in [0.1, 0.15) is 13.3 Å². The maximum absolute atomic E-state index is 11.7. The third kappa shape index (κ3) is 3.72. The van der Waals surface area contributed by atoms with Crippen LogP contribution in [0.15, 0.2) is 18.2 Å². The first-order chi connectivity index (χ1) is 10.4. The largest absolute Gasteiger partial charge is 0.496 e. The van der Waals surface area contributed by atoms with Crippen LogP contribution in [0.5, 0.6) is 5.75 Å². The standard InChI is InChI=1S/C14H16N2O6/c1-8-5-10(8)14(18)22-7-13(17)15-11-4-3-9(21-2)6-12(11)16(19)20/h3-4,6,8,10H,5,7H2,1-2H3,(H,15,17)/t8-,10+/m1/s1. The van der Waals surface area contributed by atoms with Crippen molar-refractivity contribution in [2.45, 2.75) is 13.3 Å². The number of esters is 1. The van der Waals surface area contributed by atoms with Crippen molar-refractivity contribution >= 4 is 23.3 Å². The van der Waals surface area contributed by atoms with Crippen molar-refractivity contribution in [3.8, 4) is 5.75 Å². The molecule has 1 saturated carbocycles. The maximum Gasteiger partial charge on any atom is 0.309 e. The first-order valence-corrected chi connectivity index (χ1v) is 6.71. The van der Waals surface area contributed by atoms with Crippen LogP contribution in [-0.4, -0.2) is 30.5 Å². The lowest BCUT2D eigenvalue weighted by molar-refractivity contribution is -0.384. The number of nitrogens with one attached hydrogen (secondary N) is 1. The molecule has 0 spiro atoms. The number of carbonyl (C=O) groups is 2. The van der Waals surface area contributed by atoms with Gasteiger partial charge in [0.15, 0.2) is 6.61 Å². The zero-order valence-corrected chi connectivity index (χ0v) is 12.2. The molecule has 118 valence electrons. The molecule has 0 aromatic heterocycles. The van der Waals surface area contributed by atoms with E-state index in [0.717, 1.165) is 6.42 Å². The average Bonchev–Trinajstić information content (AvgIpc) is 3.22. The van der Waals surface area contributed by atoms with Gasteiger partial charge in [-0.05, 0) is 24.5 Å². The van der Waals surface area contributed by atoms with Gasteiger partial charge in [0, 0.05) is 0 Å². The highest BCUT2D eigenvalue weighted by atomic mass is 16.6.